The van der Waals surface area contributed by atoms with E-state index < -0.39 is 0 Å². The summed E-state index contributed by atoms with van der Waals surface area (Å²) in [5, 5.41) is 8.42. The summed E-state index contributed by atoms with van der Waals surface area (Å²) in [5.74, 6) is 0. The Morgan fingerprint density at radius 3 is 3.40 bits per heavy atom. The molecular weight excluding hydrogens is 144 g/mol. The van der Waals surface area contributed by atoms with Gasteiger partial charge >= 0.3 is 0 Å². The number of nitrogens with one attached hydrogen (secondary N) is 2. The lowest BCUT2D eigenvalue weighted by molar-refractivity contribution is 0.719. The summed E-state index contributed by atoms with van der Waals surface area (Å²) in [6, 6.07) is 0. The van der Waals surface area contributed by atoms with Crippen molar-refractivity contribution in [3.05, 3.63) is 34.4 Å². The quantitative estimate of drug-likeness (QED) is 0.544. The van der Waals surface area contributed by atoms with E-state index in [0.29, 0.717) is 0 Å². The molecule has 0 spiro atoms. The predicted octanol–water partition coefficient (Wildman–Crippen LogP) is 1.12. The molecule has 2 aliphatic heterocycles. The Labute approximate surface area is 64.1 Å². The van der Waals surface area contributed by atoms with Gasteiger partial charge in [-0.2, -0.15) is 0 Å². The fraction of sp³-hybridized carbons (Fsp3) is 0.143. The number of hydrogen-bond acceptors (Lipinski definition) is 3. The van der Waals surface area contributed by atoms with Crippen molar-refractivity contribution < 1.29 is 0 Å². The maximum atomic E-state index is 3.23. The van der Waals surface area contributed by atoms with Crippen molar-refractivity contribution in [1.29, 1.82) is 0 Å². The second-order valence-electron chi connectivity index (χ2n) is 2.09. The normalized spacial score (nSPS) is 21.6. The summed E-state index contributed by atoms with van der Waals surface area (Å²) >= 11 is 1.73. The molecular formula is C7H8N2S. The summed E-state index contributed by atoms with van der Waals surface area (Å²) < 4.78 is 0. The van der Waals surface area contributed by atoms with Crippen LogP contribution in [0.5, 0.6) is 0 Å². The largest absolute Gasteiger partial charge is 0.373 e. The molecule has 2 rings (SSSR count). The summed E-state index contributed by atoms with van der Waals surface area (Å²) in [6.07, 6.45) is 6.18. The van der Waals surface area contributed by atoms with Crippen LogP contribution in [0, 0.1) is 0 Å². The molecule has 10 heavy (non-hydrogen) atoms. The van der Waals surface area contributed by atoms with Crippen molar-refractivity contribution in [2.75, 3.05) is 6.67 Å². The number of allylic oxidation sites excluding steroid dienone is 2. The van der Waals surface area contributed by atoms with E-state index in [1.165, 1.54) is 10.6 Å². The Balaban J connectivity index is 2.32. The van der Waals surface area contributed by atoms with Crippen LogP contribution in [0.2, 0.25) is 0 Å². The maximum absolute atomic E-state index is 3.23. The highest BCUT2D eigenvalue weighted by Crippen LogP contribution is 2.27. The van der Waals surface area contributed by atoms with E-state index in [-0.39, 0.29) is 0 Å². The number of rotatable bonds is 0. The Morgan fingerprint density at radius 2 is 2.50 bits per heavy atom. The fourth-order valence-corrected chi connectivity index (χ4v) is 1.66. The third-order valence-electron chi connectivity index (χ3n) is 1.42. The third-order valence-corrected chi connectivity index (χ3v) is 2.30. The number of fused-ring (bicyclic) bond motifs is 1. The monoisotopic (exact) mass is 152 g/mol. The number of thioether (sulfide) groups is 1. The number of hydrogen-bond donors (Lipinski definition) is 2. The van der Waals surface area contributed by atoms with Gasteiger partial charge in [0.15, 0.2) is 0 Å². The zero-order chi connectivity index (χ0) is 6.81. The minimum atomic E-state index is 0.837. The predicted molar refractivity (Wildman–Crippen MR) is 44.0 cm³/mol. The van der Waals surface area contributed by atoms with E-state index in [9.17, 15) is 0 Å². The van der Waals surface area contributed by atoms with E-state index in [4.69, 9.17) is 0 Å². The molecule has 0 fully saturated rings. The molecule has 0 saturated heterocycles. The molecule has 0 atom stereocenters. The van der Waals surface area contributed by atoms with Crippen LogP contribution in [0.4, 0.5) is 0 Å². The van der Waals surface area contributed by atoms with Crippen LogP contribution in [-0.2, 0) is 0 Å². The first-order valence-corrected chi connectivity index (χ1v) is 4.06. The van der Waals surface area contributed by atoms with Crippen molar-refractivity contribution in [1.82, 2.24) is 10.6 Å². The molecule has 0 saturated carbocycles. The van der Waals surface area contributed by atoms with Crippen molar-refractivity contribution in [2.24, 2.45) is 0 Å². The summed E-state index contributed by atoms with van der Waals surface area (Å²) in [6.45, 7) is 0.837. The summed E-state index contributed by atoms with van der Waals surface area (Å²) in [5.41, 5.74) is 1.23. The van der Waals surface area contributed by atoms with Crippen LogP contribution in [0.3, 0.4) is 0 Å². The topological polar surface area (TPSA) is 24.1 Å². The van der Waals surface area contributed by atoms with Crippen LogP contribution in [0.1, 0.15) is 0 Å². The van der Waals surface area contributed by atoms with E-state index in [1.807, 2.05) is 6.20 Å². The first-order chi connectivity index (χ1) is 4.97. The Hall–Kier alpha value is -0.830. The molecule has 2 aliphatic rings. The summed E-state index contributed by atoms with van der Waals surface area (Å²) in [7, 11) is 0. The molecule has 52 valence electrons. The average Bonchev–Trinajstić information content (AvgIpc) is 2.05. The smallest absolute Gasteiger partial charge is 0.0845 e. The first kappa shape index (κ1) is 5.92. The van der Waals surface area contributed by atoms with Crippen LogP contribution in [0.25, 0.3) is 0 Å². The Bertz CT molecular complexity index is 228. The van der Waals surface area contributed by atoms with Gasteiger partial charge < -0.3 is 10.6 Å². The van der Waals surface area contributed by atoms with Crippen LogP contribution in [-0.4, -0.2) is 6.67 Å². The highest BCUT2D eigenvalue weighted by atomic mass is 32.2. The van der Waals surface area contributed by atoms with Crippen molar-refractivity contribution in [2.45, 2.75) is 0 Å². The van der Waals surface area contributed by atoms with Gasteiger partial charge in [-0.25, -0.2) is 0 Å². The Morgan fingerprint density at radius 1 is 1.50 bits per heavy atom. The van der Waals surface area contributed by atoms with Gasteiger partial charge in [0.05, 0.1) is 17.3 Å². The van der Waals surface area contributed by atoms with Crippen LogP contribution >= 0.6 is 11.8 Å². The van der Waals surface area contributed by atoms with E-state index in [1.54, 1.807) is 11.8 Å². The lowest BCUT2D eigenvalue weighted by atomic mass is 10.3. The SMILES string of the molecule is C1=CSC2=CNCNC2=C1. The minimum absolute atomic E-state index is 0.837. The van der Waals surface area contributed by atoms with Gasteiger partial charge in [0.25, 0.3) is 0 Å². The molecule has 0 bridgehead atoms. The molecule has 0 radical (unpaired) electrons. The minimum Gasteiger partial charge on any atom is -0.373 e. The van der Waals surface area contributed by atoms with E-state index >= 15 is 0 Å². The molecule has 0 aromatic heterocycles. The van der Waals surface area contributed by atoms with Crippen molar-refractivity contribution in [3.8, 4) is 0 Å². The standard InChI is InChI=1S/C7H8N2S/c1-2-6-7(10-3-1)4-8-5-9-6/h1-4,8-9H,5H2. The molecule has 0 aromatic carbocycles. The lowest BCUT2D eigenvalue weighted by Crippen LogP contribution is -2.30. The van der Waals surface area contributed by atoms with E-state index in [2.05, 4.69) is 28.2 Å². The first-order valence-electron chi connectivity index (χ1n) is 3.18. The molecule has 0 aliphatic carbocycles. The molecule has 0 aromatic rings. The fourth-order valence-electron chi connectivity index (χ4n) is 0.942. The van der Waals surface area contributed by atoms with Gasteiger partial charge in [0, 0.05) is 6.20 Å². The van der Waals surface area contributed by atoms with Crippen LogP contribution in [0.15, 0.2) is 34.4 Å². The maximum Gasteiger partial charge on any atom is 0.0845 e. The zero-order valence-corrected chi connectivity index (χ0v) is 6.24. The highest BCUT2D eigenvalue weighted by Gasteiger charge is 2.09. The van der Waals surface area contributed by atoms with Gasteiger partial charge in [-0.05, 0) is 11.5 Å². The molecule has 2 heterocycles. The molecule has 3 heteroatoms. The highest BCUT2D eigenvalue weighted by molar-refractivity contribution is 8.06. The van der Waals surface area contributed by atoms with Gasteiger partial charge in [-0.1, -0.05) is 17.8 Å². The van der Waals surface area contributed by atoms with E-state index in [0.717, 1.165) is 6.67 Å². The average molecular weight is 152 g/mol. The van der Waals surface area contributed by atoms with Crippen molar-refractivity contribution >= 4 is 11.8 Å². The zero-order valence-electron chi connectivity index (χ0n) is 5.42. The molecule has 2 nitrogen and oxygen atoms in total. The molecule has 0 unspecified atom stereocenters. The lowest BCUT2D eigenvalue weighted by Gasteiger charge is -2.20. The van der Waals surface area contributed by atoms with Gasteiger partial charge in [0.1, 0.15) is 0 Å². The Kier molecular flexibility index (Phi) is 1.43. The molecule has 2 N–H and O–H groups in total. The second-order valence-corrected chi connectivity index (χ2v) is 3.04. The van der Waals surface area contributed by atoms with Gasteiger partial charge in [-0.3, -0.25) is 0 Å². The molecule has 0 amide bonds. The summed E-state index contributed by atoms with van der Waals surface area (Å²) in [4.78, 5) is 1.27. The van der Waals surface area contributed by atoms with Crippen molar-refractivity contribution in [3.63, 3.8) is 0 Å². The van der Waals surface area contributed by atoms with Crippen LogP contribution < -0.4 is 10.6 Å². The third kappa shape index (κ3) is 0.926. The van der Waals surface area contributed by atoms with Gasteiger partial charge in [0.2, 0.25) is 0 Å². The van der Waals surface area contributed by atoms with Gasteiger partial charge in [-0.15, -0.1) is 0 Å². The second kappa shape index (κ2) is 2.42.